The van der Waals surface area contributed by atoms with Crippen LogP contribution in [0.5, 0.6) is 0 Å². The van der Waals surface area contributed by atoms with Crippen molar-refractivity contribution in [2.24, 2.45) is 41.4 Å². The molecule has 14 heteroatoms. The molecule has 0 saturated heterocycles. The van der Waals surface area contributed by atoms with Gasteiger partial charge in [0.15, 0.2) is 0 Å². The van der Waals surface area contributed by atoms with Crippen LogP contribution in [0.2, 0.25) is 0 Å². The van der Waals surface area contributed by atoms with Crippen LogP contribution in [-0.4, -0.2) is 172 Å². The number of unbranched alkanes of at least 4 members (excludes halogenated alkanes) is 41. The zero-order valence-electron chi connectivity index (χ0n) is 83.3. The Hall–Kier alpha value is -2.62. The Bertz CT molecular complexity index is 2280. The van der Waals surface area contributed by atoms with Crippen molar-refractivity contribution in [3.63, 3.8) is 0 Å². The van der Waals surface area contributed by atoms with Gasteiger partial charge in [-0.2, -0.15) is 0 Å². The molecule has 5 unspecified atom stereocenters. The lowest BCUT2D eigenvalue weighted by molar-refractivity contribution is -0.152. The minimum atomic E-state index is -0.0830. The average Bonchev–Trinajstić information content (AvgIpc) is 0.869. The summed E-state index contributed by atoms with van der Waals surface area (Å²) in [5.74, 6) is 1.66. The highest BCUT2D eigenvalue weighted by molar-refractivity contribution is 5.71. The molecule has 0 aromatic rings. The Labute approximate surface area is 758 Å². The molecule has 0 heterocycles. The van der Waals surface area contributed by atoms with Gasteiger partial charge in [-0.25, -0.2) is 0 Å². The van der Waals surface area contributed by atoms with E-state index in [0.717, 1.165) is 149 Å². The molecule has 2 N–H and O–H groups in total. The second-order valence-corrected chi connectivity index (χ2v) is 39.8. The van der Waals surface area contributed by atoms with Gasteiger partial charge in [-0.3, -0.25) is 33.9 Å². The summed E-state index contributed by atoms with van der Waals surface area (Å²) in [5.41, 5.74) is 1.32. The Morgan fingerprint density at radius 3 is 0.844 bits per heavy atom. The van der Waals surface area contributed by atoms with E-state index in [0.29, 0.717) is 94.3 Å². The quantitative estimate of drug-likeness (QED) is 0.0256. The van der Waals surface area contributed by atoms with E-state index < -0.39 is 0 Å². The fourth-order valence-corrected chi connectivity index (χ4v) is 18.6. The maximum atomic E-state index is 14.1. The number of carbonyl (C=O) groups is 4. The maximum absolute atomic E-state index is 14.1. The molecule has 0 amide bonds. The van der Waals surface area contributed by atoms with Crippen molar-refractivity contribution < 1.29 is 48.3 Å². The SMILES string of the molecule is CCCCCCCCC(CCCCCC)CC(=O)OCC(CCCCN(CC=C(C)C)CCN(C)CCO)COC(=O)CC(CCCCCCCC)CCCCCCCCCCCCCCC(CCCCCCCC)CC(=O)OCC(CCCCN(CCN(CCO)CC(C)C)C1CCC1)COC(=O)CC(CCCCCCCC)CCCCCCCC. The fraction of sp³-hybridized carbons (Fsp3) is 0.944. The van der Waals surface area contributed by atoms with Crippen molar-refractivity contribution in [1.82, 2.24) is 19.6 Å². The predicted molar refractivity (Wildman–Crippen MR) is 522 cm³/mol. The van der Waals surface area contributed by atoms with Gasteiger partial charge in [0.05, 0.1) is 39.6 Å². The van der Waals surface area contributed by atoms with Gasteiger partial charge in [-0.1, -0.05) is 382 Å². The van der Waals surface area contributed by atoms with E-state index in [-0.39, 0.29) is 48.9 Å². The Morgan fingerprint density at radius 1 is 0.311 bits per heavy atom. The first kappa shape index (κ1) is 117. The molecule has 1 aliphatic rings. The molecule has 1 saturated carbocycles. The molecule has 0 bridgehead atoms. The molecule has 1 fully saturated rings. The van der Waals surface area contributed by atoms with E-state index in [9.17, 15) is 29.4 Å². The normalized spacial score (nSPS) is 13.9. The van der Waals surface area contributed by atoms with Crippen molar-refractivity contribution in [1.29, 1.82) is 0 Å². The number of nitrogens with zero attached hydrogens (tertiary/aromatic N) is 4. The molecule has 1 aliphatic carbocycles. The topological polar surface area (TPSA) is 159 Å². The second kappa shape index (κ2) is 87.7. The summed E-state index contributed by atoms with van der Waals surface area (Å²) in [6, 6.07) is 0.648. The van der Waals surface area contributed by atoms with Crippen LogP contribution in [0.4, 0.5) is 0 Å². The largest absolute Gasteiger partial charge is 0.465 e. The molecule has 14 nitrogen and oxygen atoms in total. The van der Waals surface area contributed by atoms with Crippen LogP contribution in [0.15, 0.2) is 11.6 Å². The maximum Gasteiger partial charge on any atom is 0.306 e. The second-order valence-electron chi connectivity index (χ2n) is 39.8. The Balaban J connectivity index is 2.98. The number of hydrogen-bond acceptors (Lipinski definition) is 14. The van der Waals surface area contributed by atoms with Crippen LogP contribution in [0.1, 0.15) is 499 Å². The molecule has 5 atom stereocenters. The molecule has 0 aromatic heterocycles. The number of allylic oxidation sites excluding steroid dienone is 1. The smallest absolute Gasteiger partial charge is 0.306 e. The number of aliphatic hydroxyl groups excluding tert-OH is 2. The Morgan fingerprint density at radius 2 is 0.574 bits per heavy atom. The molecule has 0 aromatic carbocycles. The molecule has 722 valence electrons. The van der Waals surface area contributed by atoms with E-state index in [1.165, 1.54) is 320 Å². The lowest BCUT2D eigenvalue weighted by Gasteiger charge is -2.39. The number of aliphatic hydroxyl groups is 2. The third kappa shape index (κ3) is 75.2. The third-order valence-electron chi connectivity index (χ3n) is 27.0. The van der Waals surface area contributed by atoms with E-state index >= 15 is 0 Å². The molecule has 0 aliphatic heterocycles. The number of ether oxygens (including phenoxy) is 4. The zero-order valence-corrected chi connectivity index (χ0v) is 83.3. The first-order valence-corrected chi connectivity index (χ1v) is 53.9. The standard InChI is InChI=1S/C108H210N4O10/c1-12-18-24-30-43-51-64-98(63-50-29-23-17-6)87-105(115)119-92-102(71-58-60-76-110(78-75-96(7)8)80-79-109(11)83-85-113)93-120-106(116)89-100(67-54-46-33-27-21-15-4)69-56-48-41-39-37-35-36-38-40-42-49-57-70-101(68-55-47-34-28-22-16-5)90-108(118)122-95-103(72-59-61-77-112(104-73-62-74-104)82-81-111(84-86-114)91-97(9)10)94-121-107(117)88-99(65-52-44-31-25-19-13-2)66-53-45-32-26-20-14-3/h75,97-104,113-114H,12-74,76-95H2,1-11H3. The van der Waals surface area contributed by atoms with Gasteiger partial charge in [0.1, 0.15) is 0 Å². The monoisotopic (exact) mass is 1720 g/mol. The van der Waals surface area contributed by atoms with Crippen LogP contribution in [0.25, 0.3) is 0 Å². The van der Waals surface area contributed by atoms with E-state index in [1.807, 2.05) is 0 Å². The summed E-state index contributed by atoms with van der Waals surface area (Å²) in [6.45, 7) is 33.3. The minimum absolute atomic E-state index is 0.00970. The van der Waals surface area contributed by atoms with Crippen molar-refractivity contribution in [3.05, 3.63) is 11.6 Å². The van der Waals surface area contributed by atoms with Gasteiger partial charge in [0.25, 0.3) is 0 Å². The summed E-state index contributed by atoms with van der Waals surface area (Å²) in [4.78, 5) is 65.5. The molecular weight excluding hydrogens is 1510 g/mol. The number of rotatable bonds is 96. The molecular formula is C108H210N4O10. The first-order valence-electron chi connectivity index (χ1n) is 53.9. The summed E-state index contributed by atoms with van der Waals surface area (Å²) in [6.07, 6.45) is 80.5. The van der Waals surface area contributed by atoms with Crippen LogP contribution in [-0.2, 0) is 38.1 Å². The van der Waals surface area contributed by atoms with Crippen molar-refractivity contribution in [3.8, 4) is 0 Å². The number of likely N-dealkylation sites (N-methyl/N-ethyl adjacent to an activating group) is 1. The lowest BCUT2D eigenvalue weighted by atomic mass is 9.91. The first-order chi connectivity index (χ1) is 59.5. The molecule has 0 radical (unpaired) electrons. The van der Waals surface area contributed by atoms with Crippen LogP contribution >= 0.6 is 0 Å². The minimum Gasteiger partial charge on any atom is -0.465 e. The summed E-state index contributed by atoms with van der Waals surface area (Å²) < 4.78 is 25.0. The number of esters is 4. The van der Waals surface area contributed by atoms with Crippen molar-refractivity contribution in [2.75, 3.05) is 112 Å². The van der Waals surface area contributed by atoms with E-state index in [2.05, 4.69) is 102 Å². The van der Waals surface area contributed by atoms with Gasteiger partial charge in [-0.15, -0.1) is 0 Å². The summed E-state index contributed by atoms with van der Waals surface area (Å²) >= 11 is 0. The molecule has 122 heavy (non-hydrogen) atoms. The Kier molecular flexibility index (Phi) is 84.4. The van der Waals surface area contributed by atoms with Crippen LogP contribution in [0, 0.1) is 41.4 Å². The van der Waals surface area contributed by atoms with Gasteiger partial charge in [0.2, 0.25) is 0 Å². The van der Waals surface area contributed by atoms with E-state index in [1.54, 1.807) is 0 Å². The third-order valence-corrected chi connectivity index (χ3v) is 27.0. The highest BCUT2D eigenvalue weighted by Gasteiger charge is 2.28. The summed E-state index contributed by atoms with van der Waals surface area (Å²) in [7, 11) is 2.07. The van der Waals surface area contributed by atoms with Gasteiger partial charge < -0.3 is 34.1 Å². The van der Waals surface area contributed by atoms with Crippen molar-refractivity contribution >= 4 is 23.9 Å². The highest BCUT2D eigenvalue weighted by Crippen LogP contribution is 2.31. The van der Waals surface area contributed by atoms with E-state index in [4.69, 9.17) is 18.9 Å². The lowest BCUT2D eigenvalue weighted by Crippen LogP contribution is -2.45. The van der Waals surface area contributed by atoms with Crippen LogP contribution in [0.3, 0.4) is 0 Å². The number of hydrogen-bond donors (Lipinski definition) is 2. The molecule has 1 rings (SSSR count). The van der Waals surface area contributed by atoms with Gasteiger partial charge in [0, 0.05) is 95.9 Å². The van der Waals surface area contributed by atoms with Gasteiger partial charge in [-0.05, 0) is 153 Å². The summed E-state index contributed by atoms with van der Waals surface area (Å²) in [5, 5.41) is 19.4. The fourth-order valence-electron chi connectivity index (χ4n) is 18.6. The molecule has 0 spiro atoms. The zero-order chi connectivity index (χ0) is 89.0. The van der Waals surface area contributed by atoms with Gasteiger partial charge >= 0.3 is 23.9 Å². The van der Waals surface area contributed by atoms with Crippen molar-refractivity contribution in [2.45, 2.75) is 505 Å². The van der Waals surface area contributed by atoms with Crippen LogP contribution < -0.4 is 0 Å². The average molecular weight is 1720 g/mol. The highest BCUT2D eigenvalue weighted by atomic mass is 16.6. The predicted octanol–water partition coefficient (Wildman–Crippen LogP) is 28.9. The number of carbonyl (C=O) groups excluding carboxylic acids is 4.